The second-order valence-corrected chi connectivity index (χ2v) is 8.85. The average Bonchev–Trinajstić information content (AvgIpc) is 2.91. The van der Waals surface area contributed by atoms with E-state index in [1.54, 1.807) is 5.10 Å². The summed E-state index contributed by atoms with van der Waals surface area (Å²) in [5, 5.41) is 7.75. The van der Waals surface area contributed by atoms with E-state index in [1.165, 1.54) is 22.9 Å². The smallest absolute Gasteiger partial charge is 0.383 e. The number of nitrogens with zero attached hydrogens (tertiary/aromatic N) is 4. The molecule has 3 aromatic heterocycles. The Balaban J connectivity index is 1.55. The van der Waals surface area contributed by atoms with Gasteiger partial charge in [-0.3, -0.25) is 9.59 Å². The summed E-state index contributed by atoms with van der Waals surface area (Å²) in [5.74, 6) is -1.71. The van der Waals surface area contributed by atoms with Crippen LogP contribution in [0.4, 0.5) is 37.8 Å². The number of nitrogen functional groups attached to an aromatic ring is 1. The van der Waals surface area contributed by atoms with Crippen molar-refractivity contribution >= 4 is 22.3 Å². The minimum absolute atomic E-state index is 0.0153. The molecule has 4 N–H and O–H groups in total. The quantitative estimate of drug-likeness (QED) is 0.236. The van der Waals surface area contributed by atoms with Crippen molar-refractivity contribution in [2.24, 2.45) is 0 Å². The molecule has 41 heavy (non-hydrogen) atoms. The lowest BCUT2D eigenvalue weighted by Crippen LogP contribution is -2.31. The molecular formula is C25H23F6N7O3. The maximum absolute atomic E-state index is 15.0. The van der Waals surface area contributed by atoms with Gasteiger partial charge in [-0.2, -0.15) is 18.3 Å². The number of anilines is 2. The number of H-pyrrole nitrogens is 1. The van der Waals surface area contributed by atoms with E-state index < -0.39 is 71.9 Å². The molecule has 16 heteroatoms. The van der Waals surface area contributed by atoms with Gasteiger partial charge in [0.15, 0.2) is 5.82 Å². The lowest BCUT2D eigenvalue weighted by atomic mass is 10.1. The second-order valence-electron chi connectivity index (χ2n) is 8.85. The number of nitrogens with one attached hydrogen (secondary N) is 2. The van der Waals surface area contributed by atoms with Crippen LogP contribution in [0.15, 0.2) is 46.4 Å². The Morgan fingerprint density at radius 3 is 2.71 bits per heavy atom. The summed E-state index contributed by atoms with van der Waals surface area (Å²) in [6, 6.07) is 2.60. The molecule has 218 valence electrons. The number of methoxy groups -OCH3 is 1. The van der Waals surface area contributed by atoms with Gasteiger partial charge in [0.25, 0.3) is 17.5 Å². The largest absolute Gasteiger partial charge is 0.423 e. The first-order valence-electron chi connectivity index (χ1n) is 13.3. The zero-order chi connectivity index (χ0) is 32.4. The van der Waals surface area contributed by atoms with Crippen molar-refractivity contribution in [2.75, 3.05) is 24.7 Å². The third-order valence-corrected chi connectivity index (χ3v) is 6.12. The Kier molecular flexibility index (Phi) is 7.43. The van der Waals surface area contributed by atoms with E-state index in [9.17, 15) is 31.5 Å². The zero-order valence-electron chi connectivity index (χ0n) is 23.8. The molecule has 0 saturated heterocycles. The normalized spacial score (nSPS) is 14.1. The summed E-state index contributed by atoms with van der Waals surface area (Å²) in [6.45, 7) is -0.593. The number of hydrogen-bond donors (Lipinski definition) is 3. The summed E-state index contributed by atoms with van der Waals surface area (Å²) in [5.41, 5.74) is 0.361. The third kappa shape index (κ3) is 6.48. The Morgan fingerprint density at radius 2 is 2.02 bits per heavy atom. The van der Waals surface area contributed by atoms with Gasteiger partial charge in [-0.25, -0.2) is 28.2 Å². The van der Waals surface area contributed by atoms with E-state index in [0.717, 1.165) is 18.5 Å². The number of nitrogens with two attached hydrogens (primary N) is 1. The van der Waals surface area contributed by atoms with Crippen molar-refractivity contribution in [2.45, 2.75) is 38.0 Å². The number of aryl methyl sites for hydroxylation is 1. The highest BCUT2D eigenvalue weighted by Crippen LogP contribution is 2.32. The van der Waals surface area contributed by atoms with Crippen LogP contribution in [-0.4, -0.2) is 44.4 Å². The van der Waals surface area contributed by atoms with E-state index in [2.05, 4.69) is 20.4 Å². The van der Waals surface area contributed by atoms with Crippen LogP contribution in [0, 0.1) is 5.82 Å². The number of ether oxygens (including phenoxy) is 1. The molecular weight excluding hydrogens is 560 g/mol. The molecule has 0 amide bonds. The fourth-order valence-corrected chi connectivity index (χ4v) is 4.17. The molecule has 0 aliphatic rings. The van der Waals surface area contributed by atoms with Gasteiger partial charge in [0.2, 0.25) is 0 Å². The molecule has 10 nitrogen and oxygen atoms in total. The van der Waals surface area contributed by atoms with Gasteiger partial charge in [0.1, 0.15) is 17.2 Å². The van der Waals surface area contributed by atoms with Crippen molar-refractivity contribution < 1.29 is 35.2 Å². The van der Waals surface area contributed by atoms with E-state index in [1.807, 2.05) is 0 Å². The molecule has 0 fully saturated rings. The Labute approximate surface area is 231 Å². The first-order chi connectivity index (χ1) is 20.5. The highest BCUT2D eigenvalue weighted by atomic mass is 19.4. The van der Waals surface area contributed by atoms with Crippen molar-refractivity contribution in [3.63, 3.8) is 0 Å². The molecule has 1 aromatic carbocycles. The topological polar surface area (TPSA) is 141 Å². The maximum Gasteiger partial charge on any atom is 0.423 e. The number of halogens is 6. The van der Waals surface area contributed by atoms with Gasteiger partial charge in [0.05, 0.1) is 39.1 Å². The van der Waals surface area contributed by atoms with Gasteiger partial charge in [0, 0.05) is 32.0 Å². The summed E-state index contributed by atoms with van der Waals surface area (Å²) in [4.78, 5) is 32.4. The van der Waals surface area contributed by atoms with Crippen LogP contribution in [0.2, 0.25) is 0 Å². The minimum atomic E-state index is -5.05. The van der Waals surface area contributed by atoms with Crippen molar-refractivity contribution in [3.8, 4) is 11.4 Å². The number of benzene rings is 1. The van der Waals surface area contributed by atoms with Crippen LogP contribution in [0.5, 0.6) is 0 Å². The van der Waals surface area contributed by atoms with Gasteiger partial charge < -0.3 is 20.4 Å². The van der Waals surface area contributed by atoms with Gasteiger partial charge >= 0.3 is 6.18 Å². The third-order valence-electron chi connectivity index (χ3n) is 6.12. The molecule has 0 aliphatic heterocycles. The summed E-state index contributed by atoms with van der Waals surface area (Å²) in [6.07, 6.45) is -5.00. The predicted molar refractivity (Wildman–Crippen MR) is 137 cm³/mol. The first kappa shape index (κ1) is 25.5. The van der Waals surface area contributed by atoms with Crippen LogP contribution in [0.3, 0.4) is 0 Å². The highest BCUT2D eigenvalue weighted by Gasteiger charge is 2.37. The van der Waals surface area contributed by atoms with Crippen LogP contribution in [-0.2, 0) is 17.5 Å². The summed E-state index contributed by atoms with van der Waals surface area (Å²) in [7, 11) is -2.86. The molecule has 0 saturated carbocycles. The molecule has 3 heterocycles. The Bertz CT molecular complexity index is 1780. The van der Waals surface area contributed by atoms with Crippen molar-refractivity contribution in [1.82, 2.24) is 24.7 Å². The molecule has 1 atom stereocenters. The van der Waals surface area contributed by atoms with Crippen LogP contribution < -0.4 is 22.2 Å². The molecule has 0 aliphatic carbocycles. The van der Waals surface area contributed by atoms with Gasteiger partial charge in [-0.1, -0.05) is 0 Å². The number of fused-ring (bicyclic) bond motifs is 1. The van der Waals surface area contributed by atoms with Gasteiger partial charge in [-0.05, 0) is 36.4 Å². The Morgan fingerprint density at radius 1 is 1.24 bits per heavy atom. The van der Waals surface area contributed by atoms with E-state index in [4.69, 9.17) is 14.6 Å². The zero-order valence-corrected chi connectivity index (χ0v) is 20.8. The molecule has 0 radical (unpaired) electrons. The highest BCUT2D eigenvalue weighted by molar-refractivity contribution is 5.86. The molecule has 0 unspecified atom stereocenters. The SMILES string of the molecule is [2H]C([2H])([2H])OC[C@@H](CCCn1ccc2cc(-c3ncc(C(F)F)c(N)n3)c(F)cc2c1=O)Nc1cn[nH]c(=O)c1C(F)(F)F. The number of pyridine rings is 1. The van der Waals surface area contributed by atoms with Crippen LogP contribution in [0.1, 0.15) is 34.5 Å². The first-order valence-corrected chi connectivity index (χ1v) is 11.8. The van der Waals surface area contributed by atoms with E-state index in [-0.39, 0.29) is 41.5 Å². The number of aromatic nitrogens is 5. The molecule has 4 aromatic rings. The summed E-state index contributed by atoms with van der Waals surface area (Å²) < 4.78 is 109. The maximum atomic E-state index is 15.0. The second kappa shape index (κ2) is 12.0. The number of alkyl halides is 5. The molecule has 0 spiro atoms. The summed E-state index contributed by atoms with van der Waals surface area (Å²) >= 11 is 0. The number of aromatic amines is 1. The fourth-order valence-electron chi connectivity index (χ4n) is 4.17. The molecule has 0 bridgehead atoms. The number of rotatable bonds is 10. The van der Waals surface area contributed by atoms with Crippen LogP contribution in [0.25, 0.3) is 22.2 Å². The van der Waals surface area contributed by atoms with E-state index >= 15 is 4.39 Å². The lowest BCUT2D eigenvalue weighted by molar-refractivity contribution is -0.138. The minimum Gasteiger partial charge on any atom is -0.383 e. The van der Waals surface area contributed by atoms with Crippen molar-refractivity contribution in [1.29, 1.82) is 0 Å². The predicted octanol–water partition coefficient (Wildman–Crippen LogP) is 4.13. The monoisotopic (exact) mass is 586 g/mol. The standard InChI is InChI=1S/C25H23F6N7O3/c1-41-11-13(35-18-10-34-37-23(39)19(18)25(29,30)31)3-2-5-38-6-4-12-7-15(17(26)8-14(12)24(38)40)22-33-9-16(20(27)28)21(32)36-22/h4,6-10,13,20H,2-3,5,11H2,1H3,(H2,32,33,36)(H2,35,37,39)/t13-/m1/s1/i1D3. The average molecular weight is 587 g/mol. The fraction of sp³-hybridized carbons (Fsp3) is 0.320. The van der Waals surface area contributed by atoms with Crippen LogP contribution >= 0.6 is 0 Å². The van der Waals surface area contributed by atoms with E-state index in [0.29, 0.717) is 0 Å². The lowest BCUT2D eigenvalue weighted by Gasteiger charge is -2.21. The number of hydrogen-bond acceptors (Lipinski definition) is 8. The van der Waals surface area contributed by atoms with Gasteiger partial charge in [-0.15, -0.1) is 0 Å². The Hall–Kier alpha value is -4.47. The van der Waals surface area contributed by atoms with Crippen molar-refractivity contribution in [3.05, 3.63) is 74.4 Å². The molecule has 4 rings (SSSR count).